The Kier molecular flexibility index (Phi) is 4.94. The zero-order chi connectivity index (χ0) is 12.7. The Bertz CT molecular complexity index is 424. The van der Waals surface area contributed by atoms with Crippen LogP contribution in [0.3, 0.4) is 0 Å². The van der Waals surface area contributed by atoms with Crippen LogP contribution in [0.1, 0.15) is 13.8 Å². The molecule has 0 radical (unpaired) electrons. The Morgan fingerprint density at radius 3 is 2.47 bits per heavy atom. The number of benzene rings is 1. The van der Waals surface area contributed by atoms with Crippen LogP contribution >= 0.6 is 0 Å². The quantitative estimate of drug-likeness (QED) is 0.366. The van der Waals surface area contributed by atoms with Gasteiger partial charge in [0.05, 0.1) is 6.61 Å². The van der Waals surface area contributed by atoms with Crippen LogP contribution < -0.4 is 5.32 Å². The maximum atomic E-state index is 11.5. The third kappa shape index (κ3) is 4.10. The van der Waals surface area contributed by atoms with Gasteiger partial charge in [0.15, 0.2) is 5.78 Å². The van der Waals surface area contributed by atoms with Crippen molar-refractivity contribution < 1.29 is 14.3 Å². The van der Waals surface area contributed by atoms with Crippen molar-refractivity contribution in [2.24, 2.45) is 0 Å². The van der Waals surface area contributed by atoms with E-state index < -0.39 is 5.97 Å². The summed E-state index contributed by atoms with van der Waals surface area (Å²) < 4.78 is 4.79. The van der Waals surface area contributed by atoms with Crippen LogP contribution in [0.15, 0.2) is 42.1 Å². The van der Waals surface area contributed by atoms with Gasteiger partial charge in [-0.15, -0.1) is 0 Å². The molecule has 4 heteroatoms. The Labute approximate surface area is 100 Å². The molecule has 0 aliphatic rings. The van der Waals surface area contributed by atoms with Gasteiger partial charge in [0.25, 0.3) is 0 Å². The van der Waals surface area contributed by atoms with Gasteiger partial charge in [0.2, 0.25) is 0 Å². The first-order valence-electron chi connectivity index (χ1n) is 5.35. The fourth-order valence-electron chi connectivity index (χ4n) is 1.20. The molecule has 0 bridgehead atoms. The molecule has 0 aromatic heterocycles. The van der Waals surface area contributed by atoms with E-state index in [1.54, 1.807) is 6.92 Å². The number of carbonyl (C=O) groups is 2. The molecule has 0 saturated heterocycles. The Morgan fingerprint density at radius 2 is 1.94 bits per heavy atom. The number of para-hydroxylation sites is 1. The highest BCUT2D eigenvalue weighted by atomic mass is 16.5. The van der Waals surface area contributed by atoms with E-state index >= 15 is 0 Å². The molecule has 0 heterocycles. The second-order valence-corrected chi connectivity index (χ2v) is 3.35. The number of anilines is 1. The lowest BCUT2D eigenvalue weighted by Crippen LogP contribution is -2.15. The van der Waals surface area contributed by atoms with Crippen molar-refractivity contribution in [3.63, 3.8) is 0 Å². The highest BCUT2D eigenvalue weighted by Crippen LogP contribution is 2.07. The van der Waals surface area contributed by atoms with Crippen LogP contribution in [0.2, 0.25) is 0 Å². The number of carbonyl (C=O) groups excluding carboxylic acids is 2. The van der Waals surface area contributed by atoms with Crippen molar-refractivity contribution in [3.05, 3.63) is 42.1 Å². The van der Waals surface area contributed by atoms with E-state index in [4.69, 9.17) is 4.74 Å². The van der Waals surface area contributed by atoms with Crippen molar-refractivity contribution in [1.29, 1.82) is 0 Å². The van der Waals surface area contributed by atoms with Gasteiger partial charge in [-0.25, -0.2) is 4.79 Å². The van der Waals surface area contributed by atoms with Crippen LogP contribution in [-0.2, 0) is 14.3 Å². The standard InChI is InChI=1S/C13H15NO3/c1-3-17-13(16)12(10(2)15)9-14-11-7-5-4-6-8-11/h4-9,14H,3H2,1-2H3/b12-9+. The summed E-state index contributed by atoms with van der Waals surface area (Å²) in [7, 11) is 0. The van der Waals surface area contributed by atoms with Crippen LogP contribution in [0.4, 0.5) is 5.69 Å². The third-order valence-electron chi connectivity index (χ3n) is 2.03. The zero-order valence-electron chi connectivity index (χ0n) is 9.90. The summed E-state index contributed by atoms with van der Waals surface area (Å²) in [6.45, 7) is 3.27. The predicted octanol–water partition coefficient (Wildman–Crippen LogP) is 2.13. The smallest absolute Gasteiger partial charge is 0.343 e. The number of nitrogens with one attached hydrogen (secondary N) is 1. The summed E-state index contributed by atoms with van der Waals surface area (Å²) in [4.78, 5) is 22.7. The fourth-order valence-corrected chi connectivity index (χ4v) is 1.20. The van der Waals surface area contributed by atoms with Crippen molar-refractivity contribution in [3.8, 4) is 0 Å². The summed E-state index contributed by atoms with van der Waals surface area (Å²) >= 11 is 0. The average molecular weight is 233 g/mol. The average Bonchev–Trinajstić information content (AvgIpc) is 2.30. The van der Waals surface area contributed by atoms with Gasteiger partial charge >= 0.3 is 5.97 Å². The number of Topliss-reactive ketones (excluding diaryl/α,β-unsaturated/α-hetero) is 1. The molecule has 0 aliphatic carbocycles. The molecular weight excluding hydrogens is 218 g/mol. The Balaban J connectivity index is 2.78. The summed E-state index contributed by atoms with van der Waals surface area (Å²) in [6, 6.07) is 9.26. The number of hydrogen-bond donors (Lipinski definition) is 1. The van der Waals surface area contributed by atoms with Crippen molar-refractivity contribution in [2.75, 3.05) is 11.9 Å². The monoisotopic (exact) mass is 233 g/mol. The highest BCUT2D eigenvalue weighted by Gasteiger charge is 2.15. The molecule has 1 aromatic rings. The number of hydrogen-bond acceptors (Lipinski definition) is 4. The first-order valence-corrected chi connectivity index (χ1v) is 5.35. The Hall–Kier alpha value is -2.10. The SMILES string of the molecule is CCOC(=O)/C(=C/Nc1ccccc1)C(C)=O. The molecule has 4 nitrogen and oxygen atoms in total. The largest absolute Gasteiger partial charge is 0.462 e. The van der Waals surface area contributed by atoms with Crippen LogP contribution in [0.25, 0.3) is 0 Å². The topological polar surface area (TPSA) is 55.4 Å². The normalized spacial score (nSPS) is 10.8. The molecule has 0 spiro atoms. The number of rotatable bonds is 5. The van der Waals surface area contributed by atoms with E-state index in [2.05, 4.69) is 5.32 Å². The van der Waals surface area contributed by atoms with E-state index in [1.165, 1.54) is 13.1 Å². The minimum absolute atomic E-state index is 0.00991. The minimum atomic E-state index is -0.608. The predicted molar refractivity (Wildman–Crippen MR) is 65.5 cm³/mol. The molecule has 0 fully saturated rings. The lowest BCUT2D eigenvalue weighted by atomic mass is 10.2. The van der Waals surface area contributed by atoms with Crippen LogP contribution in [0, 0.1) is 0 Å². The summed E-state index contributed by atoms with van der Waals surface area (Å²) in [5, 5.41) is 2.88. The Morgan fingerprint density at radius 1 is 1.29 bits per heavy atom. The van der Waals surface area contributed by atoms with Crippen molar-refractivity contribution in [1.82, 2.24) is 0 Å². The molecule has 90 valence electrons. The van der Waals surface area contributed by atoms with Gasteiger partial charge in [0.1, 0.15) is 5.57 Å². The molecule has 0 atom stereocenters. The summed E-state index contributed by atoms with van der Waals surface area (Å²) in [5.41, 5.74) is 0.811. The van der Waals surface area contributed by atoms with E-state index in [-0.39, 0.29) is 18.0 Å². The maximum Gasteiger partial charge on any atom is 0.343 e. The number of ether oxygens (including phenoxy) is 1. The number of esters is 1. The molecule has 17 heavy (non-hydrogen) atoms. The van der Waals surface area contributed by atoms with E-state index in [0.717, 1.165) is 5.69 Å². The molecule has 0 unspecified atom stereocenters. The molecule has 1 aromatic carbocycles. The first-order chi connectivity index (χ1) is 8.15. The molecule has 0 aliphatic heterocycles. The maximum absolute atomic E-state index is 11.5. The first kappa shape index (κ1) is 13.0. The van der Waals surface area contributed by atoms with Gasteiger partial charge in [-0.05, 0) is 26.0 Å². The second kappa shape index (κ2) is 6.48. The molecule has 0 saturated carbocycles. The van der Waals surface area contributed by atoms with E-state index in [9.17, 15) is 9.59 Å². The third-order valence-corrected chi connectivity index (χ3v) is 2.03. The molecule has 1 N–H and O–H groups in total. The lowest BCUT2D eigenvalue weighted by molar-refractivity contribution is -0.139. The molecular formula is C13H15NO3. The van der Waals surface area contributed by atoms with Gasteiger partial charge < -0.3 is 10.1 Å². The van der Waals surface area contributed by atoms with E-state index in [0.29, 0.717) is 0 Å². The van der Waals surface area contributed by atoms with Gasteiger partial charge in [-0.1, -0.05) is 18.2 Å². The number of ketones is 1. The van der Waals surface area contributed by atoms with Gasteiger partial charge in [-0.2, -0.15) is 0 Å². The summed E-state index contributed by atoms with van der Waals surface area (Å²) in [6.07, 6.45) is 1.37. The van der Waals surface area contributed by atoms with Crippen molar-refractivity contribution >= 4 is 17.4 Å². The fraction of sp³-hybridized carbons (Fsp3) is 0.231. The molecule has 0 amide bonds. The zero-order valence-corrected chi connectivity index (χ0v) is 9.90. The summed E-state index contributed by atoms with van der Waals surface area (Å²) in [5.74, 6) is -0.935. The second-order valence-electron chi connectivity index (χ2n) is 3.35. The van der Waals surface area contributed by atoms with Crippen LogP contribution in [-0.4, -0.2) is 18.4 Å². The minimum Gasteiger partial charge on any atom is -0.462 e. The van der Waals surface area contributed by atoms with Gasteiger partial charge in [-0.3, -0.25) is 4.79 Å². The van der Waals surface area contributed by atoms with Crippen LogP contribution in [0.5, 0.6) is 0 Å². The van der Waals surface area contributed by atoms with Crippen molar-refractivity contribution in [2.45, 2.75) is 13.8 Å². The lowest BCUT2D eigenvalue weighted by Gasteiger charge is -2.05. The van der Waals surface area contributed by atoms with E-state index in [1.807, 2.05) is 30.3 Å². The molecule has 1 rings (SSSR count). The van der Waals surface area contributed by atoms with Gasteiger partial charge in [0, 0.05) is 11.9 Å². The highest BCUT2D eigenvalue weighted by molar-refractivity contribution is 6.16.